The Morgan fingerprint density at radius 2 is 2.03 bits per heavy atom. The van der Waals surface area contributed by atoms with Crippen molar-refractivity contribution >= 4 is 23.0 Å². The van der Waals surface area contributed by atoms with Crippen molar-refractivity contribution in [3.63, 3.8) is 0 Å². The molecule has 0 amide bonds. The molecule has 1 atom stereocenters. The molecule has 4 aromatic rings. The van der Waals surface area contributed by atoms with Gasteiger partial charge in [-0.1, -0.05) is 6.07 Å². The first-order valence-electron chi connectivity index (χ1n) is 11.9. The standard InChI is InChI=1S/C26H31N7O2/c1-18-15-28-26(30-25(18)22-16-27-24-6-4-5-9-33(22)24)29-21-8-7-20(14-23(21)35-3)32-11-10-31(12-13-34)19(2)17-32/h4-9,14-16,19,34H,10-13,17H2,1-3H3,(H,28,29,30)/t19-/m1/s1. The second kappa shape index (κ2) is 9.89. The second-order valence-corrected chi connectivity index (χ2v) is 8.86. The van der Waals surface area contributed by atoms with Gasteiger partial charge in [-0.3, -0.25) is 9.30 Å². The maximum absolute atomic E-state index is 9.28. The SMILES string of the molecule is COc1cc(N2CCN(CCO)[C@H](C)C2)ccc1Nc1ncc(C)c(-c2cnc3ccccn23)n1. The highest BCUT2D eigenvalue weighted by molar-refractivity contribution is 5.70. The number of β-amino-alcohol motifs (C(OH)–C–C–N with tert-alkyl or cyclic N) is 1. The van der Waals surface area contributed by atoms with Crippen molar-refractivity contribution in [3.8, 4) is 17.1 Å². The molecule has 0 aliphatic carbocycles. The Hall–Kier alpha value is -3.69. The molecule has 3 aromatic heterocycles. The first kappa shape index (κ1) is 23.1. The van der Waals surface area contributed by atoms with Gasteiger partial charge in [-0.2, -0.15) is 0 Å². The highest BCUT2D eigenvalue weighted by Crippen LogP contribution is 2.33. The minimum Gasteiger partial charge on any atom is -0.494 e. The lowest BCUT2D eigenvalue weighted by molar-refractivity contribution is 0.146. The third-order valence-corrected chi connectivity index (χ3v) is 6.58. The average Bonchev–Trinajstić information content (AvgIpc) is 3.31. The Balaban J connectivity index is 1.38. The molecule has 1 aliphatic rings. The van der Waals surface area contributed by atoms with Crippen LogP contribution in [0.1, 0.15) is 12.5 Å². The van der Waals surface area contributed by atoms with Gasteiger partial charge >= 0.3 is 0 Å². The van der Waals surface area contributed by atoms with Crippen molar-refractivity contribution in [2.75, 3.05) is 50.1 Å². The molecule has 0 spiro atoms. The molecule has 182 valence electrons. The van der Waals surface area contributed by atoms with Gasteiger partial charge in [0.1, 0.15) is 11.4 Å². The predicted octanol–water partition coefficient (Wildman–Crippen LogP) is 3.35. The Morgan fingerprint density at radius 3 is 2.83 bits per heavy atom. The number of nitrogens with one attached hydrogen (secondary N) is 1. The number of imidazole rings is 1. The van der Waals surface area contributed by atoms with Crippen LogP contribution in [0.4, 0.5) is 17.3 Å². The number of ether oxygens (including phenoxy) is 1. The second-order valence-electron chi connectivity index (χ2n) is 8.86. The summed E-state index contributed by atoms with van der Waals surface area (Å²) in [6.45, 7) is 7.84. The number of aliphatic hydroxyl groups excluding tert-OH is 1. The first-order valence-corrected chi connectivity index (χ1v) is 11.9. The summed E-state index contributed by atoms with van der Waals surface area (Å²) >= 11 is 0. The van der Waals surface area contributed by atoms with Gasteiger partial charge in [-0.15, -0.1) is 0 Å². The molecule has 1 saturated heterocycles. The lowest BCUT2D eigenvalue weighted by Crippen LogP contribution is -2.52. The molecule has 35 heavy (non-hydrogen) atoms. The summed E-state index contributed by atoms with van der Waals surface area (Å²) < 4.78 is 7.74. The molecule has 4 heterocycles. The summed E-state index contributed by atoms with van der Waals surface area (Å²) in [7, 11) is 1.67. The van der Waals surface area contributed by atoms with Gasteiger partial charge in [0, 0.05) is 56.4 Å². The van der Waals surface area contributed by atoms with E-state index in [4.69, 9.17) is 9.72 Å². The lowest BCUT2D eigenvalue weighted by Gasteiger charge is -2.40. The third kappa shape index (κ3) is 4.65. The van der Waals surface area contributed by atoms with Crippen LogP contribution in [0.3, 0.4) is 0 Å². The highest BCUT2D eigenvalue weighted by Gasteiger charge is 2.24. The van der Waals surface area contributed by atoms with Crippen LogP contribution in [0.25, 0.3) is 17.0 Å². The van der Waals surface area contributed by atoms with Gasteiger partial charge in [0.05, 0.1) is 37.0 Å². The molecule has 5 rings (SSSR count). The van der Waals surface area contributed by atoms with E-state index in [1.54, 1.807) is 7.11 Å². The normalized spacial score (nSPS) is 16.6. The molecule has 0 radical (unpaired) electrons. The van der Waals surface area contributed by atoms with E-state index in [2.05, 4.69) is 44.1 Å². The van der Waals surface area contributed by atoms with Crippen molar-refractivity contribution in [1.29, 1.82) is 0 Å². The number of hydrogen-bond donors (Lipinski definition) is 2. The number of aromatic nitrogens is 4. The van der Waals surface area contributed by atoms with Gasteiger partial charge in [-0.25, -0.2) is 15.0 Å². The summed E-state index contributed by atoms with van der Waals surface area (Å²) in [5, 5.41) is 12.6. The molecule has 2 N–H and O–H groups in total. The van der Waals surface area contributed by atoms with Crippen molar-refractivity contribution in [2.24, 2.45) is 0 Å². The Bertz CT molecular complexity index is 1320. The minimum atomic E-state index is 0.193. The summed E-state index contributed by atoms with van der Waals surface area (Å²) in [6, 6.07) is 12.5. The van der Waals surface area contributed by atoms with E-state index in [-0.39, 0.29) is 6.61 Å². The van der Waals surface area contributed by atoms with Crippen molar-refractivity contribution in [2.45, 2.75) is 19.9 Å². The number of methoxy groups -OCH3 is 1. The molecule has 0 unspecified atom stereocenters. The Labute approximate surface area is 205 Å². The van der Waals surface area contributed by atoms with Crippen LogP contribution >= 0.6 is 0 Å². The molecular formula is C26H31N7O2. The summed E-state index contributed by atoms with van der Waals surface area (Å²) in [5.74, 6) is 1.22. The van der Waals surface area contributed by atoms with E-state index in [9.17, 15) is 5.11 Å². The molecule has 1 aliphatic heterocycles. The largest absolute Gasteiger partial charge is 0.494 e. The monoisotopic (exact) mass is 473 g/mol. The van der Waals surface area contributed by atoms with Crippen molar-refractivity contribution in [3.05, 3.63) is 60.6 Å². The van der Waals surface area contributed by atoms with Gasteiger partial charge < -0.3 is 20.1 Å². The van der Waals surface area contributed by atoms with Crippen molar-refractivity contribution in [1.82, 2.24) is 24.3 Å². The minimum absolute atomic E-state index is 0.193. The molecule has 1 aromatic carbocycles. The molecule has 1 fully saturated rings. The summed E-state index contributed by atoms with van der Waals surface area (Å²) in [4.78, 5) is 18.5. The zero-order valence-electron chi connectivity index (χ0n) is 20.3. The van der Waals surface area contributed by atoms with Crippen LogP contribution in [0.15, 0.2) is 55.0 Å². The van der Waals surface area contributed by atoms with Gasteiger partial charge in [0.2, 0.25) is 5.95 Å². The Kier molecular flexibility index (Phi) is 6.52. The number of pyridine rings is 1. The average molecular weight is 474 g/mol. The van der Waals surface area contributed by atoms with Gasteiger partial charge in [-0.05, 0) is 43.7 Å². The number of anilines is 3. The molecular weight excluding hydrogens is 442 g/mol. The maximum Gasteiger partial charge on any atom is 0.227 e. The highest BCUT2D eigenvalue weighted by atomic mass is 16.5. The van der Waals surface area contributed by atoms with E-state index in [0.717, 1.165) is 65.9 Å². The molecule has 0 saturated carbocycles. The lowest BCUT2D eigenvalue weighted by atomic mass is 10.1. The van der Waals surface area contributed by atoms with Crippen LogP contribution in [-0.4, -0.2) is 75.3 Å². The topological polar surface area (TPSA) is 91.0 Å². The quantitative estimate of drug-likeness (QED) is 0.422. The number of benzene rings is 1. The smallest absolute Gasteiger partial charge is 0.227 e. The first-order chi connectivity index (χ1) is 17.1. The zero-order chi connectivity index (χ0) is 24.4. The Morgan fingerprint density at radius 1 is 1.14 bits per heavy atom. The summed E-state index contributed by atoms with van der Waals surface area (Å²) in [5.41, 5.74) is 5.50. The fourth-order valence-electron chi connectivity index (χ4n) is 4.66. The predicted molar refractivity (Wildman–Crippen MR) is 138 cm³/mol. The third-order valence-electron chi connectivity index (χ3n) is 6.58. The van der Waals surface area contributed by atoms with E-state index in [0.29, 0.717) is 12.0 Å². The van der Waals surface area contributed by atoms with E-state index in [1.807, 2.05) is 54.2 Å². The van der Waals surface area contributed by atoms with Crippen LogP contribution < -0.4 is 15.0 Å². The van der Waals surface area contributed by atoms with Crippen LogP contribution in [-0.2, 0) is 0 Å². The van der Waals surface area contributed by atoms with Gasteiger partial charge in [0.15, 0.2) is 0 Å². The number of rotatable bonds is 7. The molecule has 9 heteroatoms. The van der Waals surface area contributed by atoms with E-state index in [1.165, 1.54) is 0 Å². The summed E-state index contributed by atoms with van der Waals surface area (Å²) in [6.07, 6.45) is 5.64. The van der Waals surface area contributed by atoms with Crippen molar-refractivity contribution < 1.29 is 9.84 Å². The van der Waals surface area contributed by atoms with Crippen LogP contribution in [0.5, 0.6) is 5.75 Å². The number of aryl methyl sites for hydroxylation is 1. The number of fused-ring (bicyclic) bond motifs is 1. The van der Waals surface area contributed by atoms with Crippen LogP contribution in [0, 0.1) is 6.92 Å². The molecule has 0 bridgehead atoms. The van der Waals surface area contributed by atoms with Crippen LogP contribution in [0.2, 0.25) is 0 Å². The molecule has 9 nitrogen and oxygen atoms in total. The number of piperazine rings is 1. The van der Waals surface area contributed by atoms with Gasteiger partial charge in [0.25, 0.3) is 0 Å². The van der Waals surface area contributed by atoms with E-state index >= 15 is 0 Å². The number of aliphatic hydroxyl groups is 1. The number of hydrogen-bond acceptors (Lipinski definition) is 8. The van der Waals surface area contributed by atoms with E-state index < -0.39 is 0 Å². The fourth-order valence-corrected chi connectivity index (χ4v) is 4.66. The fraction of sp³-hybridized carbons (Fsp3) is 0.346. The maximum atomic E-state index is 9.28. The zero-order valence-corrected chi connectivity index (χ0v) is 20.3. The number of nitrogens with zero attached hydrogens (tertiary/aromatic N) is 6.